The standard InChI is InChI=1S/C19H31N3O3.HI/c1-4-20-18(22-14-19(23)10-6-5-7-11-19)21-13-15-8-9-16(24-2)12-17(15)25-3;/h8-9,12,23H,4-7,10-11,13-14H2,1-3H3,(H2,20,21,22);1H. The second-order valence-corrected chi connectivity index (χ2v) is 6.51. The van der Waals surface area contributed by atoms with Gasteiger partial charge in [0.25, 0.3) is 0 Å². The predicted molar refractivity (Wildman–Crippen MR) is 116 cm³/mol. The van der Waals surface area contributed by atoms with E-state index in [1.54, 1.807) is 14.2 Å². The Balaban J connectivity index is 0.00000338. The number of benzene rings is 1. The number of nitrogens with zero attached hydrogens (tertiary/aromatic N) is 1. The Morgan fingerprint density at radius 3 is 2.50 bits per heavy atom. The summed E-state index contributed by atoms with van der Waals surface area (Å²) >= 11 is 0. The van der Waals surface area contributed by atoms with Gasteiger partial charge in [0.05, 0.1) is 26.4 Å². The van der Waals surface area contributed by atoms with Crippen molar-refractivity contribution in [1.82, 2.24) is 10.6 Å². The van der Waals surface area contributed by atoms with Crippen LogP contribution in [0.2, 0.25) is 0 Å². The minimum absolute atomic E-state index is 0. The van der Waals surface area contributed by atoms with E-state index < -0.39 is 5.60 Å². The first-order chi connectivity index (χ1) is 12.1. The van der Waals surface area contributed by atoms with Crippen molar-refractivity contribution in [2.24, 2.45) is 4.99 Å². The maximum atomic E-state index is 10.6. The third-order valence-electron chi connectivity index (χ3n) is 4.62. The number of rotatable bonds is 7. The van der Waals surface area contributed by atoms with E-state index in [-0.39, 0.29) is 24.0 Å². The highest BCUT2D eigenvalue weighted by Gasteiger charge is 2.29. The average Bonchev–Trinajstić information content (AvgIpc) is 2.64. The summed E-state index contributed by atoms with van der Waals surface area (Å²) in [5.74, 6) is 2.22. The molecule has 3 N–H and O–H groups in total. The first-order valence-electron chi connectivity index (χ1n) is 9.05. The van der Waals surface area contributed by atoms with Crippen molar-refractivity contribution in [2.75, 3.05) is 27.3 Å². The Labute approximate surface area is 173 Å². The molecule has 1 aromatic rings. The second kappa shape index (κ2) is 11.5. The van der Waals surface area contributed by atoms with E-state index >= 15 is 0 Å². The summed E-state index contributed by atoms with van der Waals surface area (Å²) in [5, 5.41) is 17.2. The lowest BCUT2D eigenvalue weighted by atomic mass is 9.85. The average molecular weight is 477 g/mol. The highest BCUT2D eigenvalue weighted by atomic mass is 127. The van der Waals surface area contributed by atoms with Crippen LogP contribution in [-0.4, -0.2) is 44.0 Å². The summed E-state index contributed by atoms with van der Waals surface area (Å²) < 4.78 is 10.6. The van der Waals surface area contributed by atoms with Crippen molar-refractivity contribution in [1.29, 1.82) is 0 Å². The molecular weight excluding hydrogens is 445 g/mol. The van der Waals surface area contributed by atoms with E-state index in [1.165, 1.54) is 6.42 Å². The largest absolute Gasteiger partial charge is 0.497 e. The number of guanidine groups is 1. The molecule has 0 radical (unpaired) electrons. The van der Waals surface area contributed by atoms with Crippen LogP contribution in [0, 0.1) is 0 Å². The fourth-order valence-corrected chi connectivity index (χ4v) is 3.12. The van der Waals surface area contributed by atoms with E-state index in [0.717, 1.165) is 49.3 Å². The van der Waals surface area contributed by atoms with Crippen LogP contribution in [0.1, 0.15) is 44.6 Å². The maximum Gasteiger partial charge on any atom is 0.191 e. The quantitative estimate of drug-likeness (QED) is 0.320. The monoisotopic (exact) mass is 477 g/mol. The minimum Gasteiger partial charge on any atom is -0.497 e. The normalized spacial score (nSPS) is 16.4. The number of halogens is 1. The molecule has 0 aromatic heterocycles. The number of ether oxygens (including phenoxy) is 2. The highest BCUT2D eigenvalue weighted by Crippen LogP contribution is 2.27. The molecule has 1 aliphatic carbocycles. The lowest BCUT2D eigenvalue weighted by Gasteiger charge is -2.32. The van der Waals surface area contributed by atoms with Gasteiger partial charge in [-0.3, -0.25) is 0 Å². The van der Waals surface area contributed by atoms with Crippen LogP contribution in [0.4, 0.5) is 0 Å². The third kappa shape index (κ3) is 6.83. The van der Waals surface area contributed by atoms with E-state index in [2.05, 4.69) is 15.6 Å². The Hall–Kier alpha value is -1.22. The zero-order valence-electron chi connectivity index (χ0n) is 16.0. The Morgan fingerprint density at radius 1 is 1.15 bits per heavy atom. The zero-order valence-corrected chi connectivity index (χ0v) is 18.3. The first-order valence-corrected chi connectivity index (χ1v) is 9.05. The number of aliphatic imine (C=N–C) groups is 1. The maximum absolute atomic E-state index is 10.6. The molecule has 0 unspecified atom stereocenters. The fourth-order valence-electron chi connectivity index (χ4n) is 3.12. The van der Waals surface area contributed by atoms with Gasteiger partial charge in [0, 0.05) is 24.7 Å². The molecule has 1 fully saturated rings. The van der Waals surface area contributed by atoms with Gasteiger partial charge in [-0.15, -0.1) is 24.0 Å². The molecule has 0 spiro atoms. The molecule has 1 aromatic carbocycles. The molecule has 0 amide bonds. The summed E-state index contributed by atoms with van der Waals surface area (Å²) in [6, 6.07) is 5.72. The Kier molecular flexibility index (Phi) is 10.1. The zero-order chi connectivity index (χ0) is 18.1. The van der Waals surface area contributed by atoms with Crippen molar-refractivity contribution >= 4 is 29.9 Å². The SMILES string of the molecule is CCNC(=NCc1ccc(OC)cc1OC)NCC1(O)CCCCC1.I. The van der Waals surface area contributed by atoms with Gasteiger partial charge < -0.3 is 25.2 Å². The summed E-state index contributed by atoms with van der Waals surface area (Å²) in [7, 11) is 3.28. The molecule has 148 valence electrons. The number of nitrogens with one attached hydrogen (secondary N) is 2. The van der Waals surface area contributed by atoms with E-state index in [4.69, 9.17) is 9.47 Å². The Morgan fingerprint density at radius 2 is 1.88 bits per heavy atom. The molecular formula is C19H32IN3O3. The summed E-state index contributed by atoms with van der Waals surface area (Å²) in [6.45, 7) is 3.81. The molecule has 2 rings (SSSR count). The van der Waals surface area contributed by atoms with Crippen molar-refractivity contribution in [3.63, 3.8) is 0 Å². The van der Waals surface area contributed by atoms with Crippen molar-refractivity contribution < 1.29 is 14.6 Å². The van der Waals surface area contributed by atoms with Crippen LogP contribution in [0.5, 0.6) is 11.5 Å². The second-order valence-electron chi connectivity index (χ2n) is 6.51. The van der Waals surface area contributed by atoms with Crippen LogP contribution in [0.3, 0.4) is 0 Å². The lowest BCUT2D eigenvalue weighted by Crippen LogP contribution is -2.48. The highest BCUT2D eigenvalue weighted by molar-refractivity contribution is 14.0. The van der Waals surface area contributed by atoms with Gasteiger partial charge in [0.1, 0.15) is 11.5 Å². The van der Waals surface area contributed by atoms with Gasteiger partial charge >= 0.3 is 0 Å². The van der Waals surface area contributed by atoms with Gasteiger partial charge in [0.2, 0.25) is 0 Å². The molecule has 0 saturated heterocycles. The van der Waals surface area contributed by atoms with Gasteiger partial charge in [0.15, 0.2) is 5.96 Å². The van der Waals surface area contributed by atoms with Gasteiger partial charge in [-0.2, -0.15) is 0 Å². The third-order valence-corrected chi connectivity index (χ3v) is 4.62. The molecule has 1 aliphatic rings. The van der Waals surface area contributed by atoms with Gasteiger partial charge in [-0.25, -0.2) is 4.99 Å². The molecule has 6 nitrogen and oxygen atoms in total. The molecule has 0 bridgehead atoms. The molecule has 1 saturated carbocycles. The molecule has 7 heteroatoms. The van der Waals surface area contributed by atoms with Crippen LogP contribution in [0.25, 0.3) is 0 Å². The van der Waals surface area contributed by atoms with E-state index in [9.17, 15) is 5.11 Å². The Bertz CT molecular complexity index is 575. The topological polar surface area (TPSA) is 75.1 Å². The van der Waals surface area contributed by atoms with E-state index in [0.29, 0.717) is 19.0 Å². The lowest BCUT2D eigenvalue weighted by molar-refractivity contribution is 0.00859. The minimum atomic E-state index is -0.619. The van der Waals surface area contributed by atoms with Crippen molar-refractivity contribution in [2.45, 2.75) is 51.2 Å². The molecule has 26 heavy (non-hydrogen) atoms. The summed E-state index contributed by atoms with van der Waals surface area (Å²) in [5.41, 5.74) is 0.364. The van der Waals surface area contributed by atoms with Gasteiger partial charge in [-0.1, -0.05) is 19.3 Å². The predicted octanol–water partition coefficient (Wildman–Crippen LogP) is 3.07. The molecule has 0 heterocycles. The number of methoxy groups -OCH3 is 2. The smallest absolute Gasteiger partial charge is 0.191 e. The molecule has 0 aliphatic heterocycles. The molecule has 0 atom stereocenters. The van der Waals surface area contributed by atoms with Crippen molar-refractivity contribution in [3.8, 4) is 11.5 Å². The van der Waals surface area contributed by atoms with Crippen LogP contribution in [-0.2, 0) is 6.54 Å². The summed E-state index contributed by atoms with van der Waals surface area (Å²) in [6.07, 6.45) is 5.11. The van der Waals surface area contributed by atoms with Crippen LogP contribution in [0.15, 0.2) is 23.2 Å². The van der Waals surface area contributed by atoms with Crippen LogP contribution >= 0.6 is 24.0 Å². The van der Waals surface area contributed by atoms with Crippen LogP contribution < -0.4 is 20.1 Å². The van der Waals surface area contributed by atoms with E-state index in [1.807, 2.05) is 25.1 Å². The summed E-state index contributed by atoms with van der Waals surface area (Å²) in [4.78, 5) is 4.63. The first kappa shape index (κ1) is 22.8. The number of hydrogen-bond donors (Lipinski definition) is 3. The number of aliphatic hydroxyl groups is 1. The fraction of sp³-hybridized carbons (Fsp3) is 0.632. The van der Waals surface area contributed by atoms with Crippen molar-refractivity contribution in [3.05, 3.63) is 23.8 Å². The number of hydrogen-bond acceptors (Lipinski definition) is 4. The van der Waals surface area contributed by atoms with Gasteiger partial charge in [-0.05, 0) is 31.9 Å².